The summed E-state index contributed by atoms with van der Waals surface area (Å²) in [6.45, 7) is 0.258. The first kappa shape index (κ1) is 18.8. The lowest BCUT2D eigenvalue weighted by atomic mass is 10.1. The van der Waals surface area contributed by atoms with Crippen molar-refractivity contribution in [2.75, 3.05) is 14.2 Å². The van der Waals surface area contributed by atoms with E-state index >= 15 is 0 Å². The molecule has 1 heterocycles. The lowest BCUT2D eigenvalue weighted by Crippen LogP contribution is -2.27. The number of amides is 2. The van der Waals surface area contributed by atoms with Crippen LogP contribution in [0.5, 0.6) is 11.5 Å². The molecule has 2 amide bonds. The van der Waals surface area contributed by atoms with Gasteiger partial charge >= 0.3 is 0 Å². The van der Waals surface area contributed by atoms with E-state index in [1.54, 1.807) is 38.5 Å². The standard InChI is InChI=1S/C19H16INO4S/c1-24-15-7-8-16(25-2)13(9-15)10-17-18(22)21(19(23)26-17)11-12-3-5-14(20)6-4-12/h3-10H,11H2,1-2H3/b17-10-. The van der Waals surface area contributed by atoms with Gasteiger partial charge in [0.2, 0.25) is 0 Å². The van der Waals surface area contributed by atoms with Gasteiger partial charge in [0, 0.05) is 9.13 Å². The molecule has 0 spiro atoms. The molecule has 0 radical (unpaired) electrons. The highest BCUT2D eigenvalue weighted by atomic mass is 127. The molecule has 7 heteroatoms. The highest BCUT2D eigenvalue weighted by Gasteiger charge is 2.35. The number of thioether (sulfide) groups is 1. The molecule has 3 rings (SSSR count). The third-order valence-corrected chi connectivity index (χ3v) is 5.48. The van der Waals surface area contributed by atoms with E-state index in [0.29, 0.717) is 22.0 Å². The van der Waals surface area contributed by atoms with Crippen LogP contribution in [0.25, 0.3) is 6.08 Å². The maximum atomic E-state index is 12.7. The Morgan fingerprint density at radius 2 is 1.81 bits per heavy atom. The van der Waals surface area contributed by atoms with Crippen LogP contribution in [0.1, 0.15) is 11.1 Å². The van der Waals surface area contributed by atoms with Crippen LogP contribution in [0, 0.1) is 3.57 Å². The Labute approximate surface area is 169 Å². The van der Waals surface area contributed by atoms with Crippen LogP contribution in [0.4, 0.5) is 4.79 Å². The summed E-state index contributed by atoms with van der Waals surface area (Å²) in [5, 5.41) is -0.276. The molecule has 0 aliphatic carbocycles. The second kappa shape index (κ2) is 8.13. The third kappa shape index (κ3) is 4.04. The fourth-order valence-electron chi connectivity index (χ4n) is 2.50. The average molecular weight is 481 g/mol. The quantitative estimate of drug-likeness (QED) is 0.464. The fraction of sp³-hybridized carbons (Fsp3) is 0.158. The summed E-state index contributed by atoms with van der Waals surface area (Å²) >= 11 is 3.15. The Hall–Kier alpha value is -2.00. The van der Waals surface area contributed by atoms with Crippen LogP contribution in [0.2, 0.25) is 0 Å². The van der Waals surface area contributed by atoms with E-state index < -0.39 is 0 Å². The molecular weight excluding hydrogens is 465 g/mol. The molecular formula is C19H16INO4S. The van der Waals surface area contributed by atoms with Crippen molar-refractivity contribution in [1.29, 1.82) is 0 Å². The molecule has 5 nitrogen and oxygen atoms in total. The van der Waals surface area contributed by atoms with Gasteiger partial charge in [0.15, 0.2) is 0 Å². The van der Waals surface area contributed by atoms with Gasteiger partial charge in [0.25, 0.3) is 11.1 Å². The van der Waals surface area contributed by atoms with E-state index in [2.05, 4.69) is 22.6 Å². The molecule has 134 valence electrons. The number of benzene rings is 2. The summed E-state index contributed by atoms with van der Waals surface area (Å²) in [5.41, 5.74) is 1.60. The molecule has 0 saturated carbocycles. The van der Waals surface area contributed by atoms with Gasteiger partial charge in [-0.25, -0.2) is 0 Å². The first-order valence-electron chi connectivity index (χ1n) is 7.73. The zero-order valence-electron chi connectivity index (χ0n) is 14.2. The number of halogens is 1. The number of carbonyl (C=O) groups is 2. The fourth-order valence-corrected chi connectivity index (χ4v) is 3.69. The molecule has 0 aromatic heterocycles. The number of methoxy groups -OCH3 is 2. The first-order valence-corrected chi connectivity index (χ1v) is 9.63. The van der Waals surface area contributed by atoms with E-state index in [4.69, 9.17) is 9.47 Å². The zero-order valence-corrected chi connectivity index (χ0v) is 17.2. The van der Waals surface area contributed by atoms with E-state index in [0.717, 1.165) is 20.9 Å². The van der Waals surface area contributed by atoms with Crippen LogP contribution < -0.4 is 9.47 Å². The summed E-state index contributed by atoms with van der Waals surface area (Å²) in [6.07, 6.45) is 1.67. The van der Waals surface area contributed by atoms with Gasteiger partial charge in [0.05, 0.1) is 25.7 Å². The van der Waals surface area contributed by atoms with Gasteiger partial charge in [-0.2, -0.15) is 0 Å². The van der Waals surface area contributed by atoms with Crippen LogP contribution in [0.3, 0.4) is 0 Å². The van der Waals surface area contributed by atoms with Crippen molar-refractivity contribution in [3.63, 3.8) is 0 Å². The van der Waals surface area contributed by atoms with E-state index in [1.807, 2.05) is 24.3 Å². The Morgan fingerprint density at radius 3 is 2.46 bits per heavy atom. The number of nitrogens with zero attached hydrogens (tertiary/aromatic N) is 1. The predicted molar refractivity (Wildman–Crippen MR) is 110 cm³/mol. The first-order chi connectivity index (χ1) is 12.5. The normalized spacial score (nSPS) is 15.7. The summed E-state index contributed by atoms with van der Waals surface area (Å²) < 4.78 is 11.7. The molecule has 1 fully saturated rings. The second-order valence-electron chi connectivity index (χ2n) is 5.50. The maximum absolute atomic E-state index is 12.7. The minimum absolute atomic E-state index is 0.258. The molecule has 0 bridgehead atoms. The van der Waals surface area contributed by atoms with Crippen molar-refractivity contribution in [3.8, 4) is 11.5 Å². The number of ether oxygens (including phenoxy) is 2. The Bertz CT molecular complexity index is 880. The van der Waals surface area contributed by atoms with Crippen molar-refractivity contribution >= 4 is 51.6 Å². The number of hydrogen-bond acceptors (Lipinski definition) is 5. The van der Waals surface area contributed by atoms with E-state index in [1.165, 1.54) is 4.90 Å². The Balaban J connectivity index is 1.86. The highest BCUT2D eigenvalue weighted by Crippen LogP contribution is 2.35. The number of hydrogen-bond donors (Lipinski definition) is 0. The zero-order chi connectivity index (χ0) is 18.7. The van der Waals surface area contributed by atoms with Gasteiger partial charge in [-0.15, -0.1) is 0 Å². The van der Waals surface area contributed by atoms with Gasteiger partial charge in [-0.1, -0.05) is 12.1 Å². The molecule has 26 heavy (non-hydrogen) atoms. The van der Waals surface area contributed by atoms with E-state index in [9.17, 15) is 9.59 Å². The summed E-state index contributed by atoms with van der Waals surface area (Å²) in [7, 11) is 3.13. The van der Waals surface area contributed by atoms with Gasteiger partial charge in [-0.05, 0) is 76.3 Å². The predicted octanol–water partition coefficient (Wildman–Crippen LogP) is 4.54. The molecule has 0 unspecified atom stereocenters. The van der Waals surface area contributed by atoms with Gasteiger partial charge in [0.1, 0.15) is 11.5 Å². The van der Waals surface area contributed by atoms with Crippen LogP contribution in [-0.4, -0.2) is 30.3 Å². The highest BCUT2D eigenvalue weighted by molar-refractivity contribution is 14.1. The smallest absolute Gasteiger partial charge is 0.293 e. The lowest BCUT2D eigenvalue weighted by molar-refractivity contribution is -0.123. The number of imide groups is 1. The SMILES string of the molecule is COc1ccc(OC)c(/C=C2\SC(=O)N(Cc3ccc(I)cc3)C2=O)c1. The van der Waals surface area contributed by atoms with Crippen molar-refractivity contribution in [2.45, 2.75) is 6.54 Å². The Kier molecular flexibility index (Phi) is 5.87. The van der Waals surface area contributed by atoms with Crippen molar-refractivity contribution in [2.24, 2.45) is 0 Å². The minimum atomic E-state index is -0.302. The Morgan fingerprint density at radius 1 is 1.08 bits per heavy atom. The lowest BCUT2D eigenvalue weighted by Gasteiger charge is -2.12. The monoisotopic (exact) mass is 481 g/mol. The molecule has 2 aromatic rings. The number of rotatable bonds is 5. The average Bonchev–Trinajstić information content (AvgIpc) is 2.90. The summed E-state index contributed by atoms with van der Waals surface area (Å²) in [5.74, 6) is 0.953. The molecule has 1 saturated heterocycles. The van der Waals surface area contributed by atoms with Gasteiger partial charge in [-0.3, -0.25) is 14.5 Å². The van der Waals surface area contributed by atoms with Crippen LogP contribution in [0.15, 0.2) is 47.4 Å². The van der Waals surface area contributed by atoms with Crippen molar-refractivity contribution < 1.29 is 19.1 Å². The van der Waals surface area contributed by atoms with Crippen LogP contribution >= 0.6 is 34.4 Å². The van der Waals surface area contributed by atoms with Crippen molar-refractivity contribution in [1.82, 2.24) is 4.90 Å². The summed E-state index contributed by atoms with van der Waals surface area (Å²) in [4.78, 5) is 26.6. The third-order valence-electron chi connectivity index (χ3n) is 3.85. The maximum Gasteiger partial charge on any atom is 0.293 e. The summed E-state index contributed by atoms with van der Waals surface area (Å²) in [6, 6.07) is 13.0. The van der Waals surface area contributed by atoms with Crippen LogP contribution in [-0.2, 0) is 11.3 Å². The topological polar surface area (TPSA) is 55.8 Å². The largest absolute Gasteiger partial charge is 0.497 e. The van der Waals surface area contributed by atoms with Gasteiger partial charge < -0.3 is 9.47 Å². The second-order valence-corrected chi connectivity index (χ2v) is 7.74. The molecule has 0 atom stereocenters. The van der Waals surface area contributed by atoms with Crippen molar-refractivity contribution in [3.05, 3.63) is 62.1 Å². The molecule has 1 aliphatic rings. The van der Waals surface area contributed by atoms with E-state index in [-0.39, 0.29) is 17.7 Å². The molecule has 0 N–H and O–H groups in total. The number of carbonyl (C=O) groups excluding carboxylic acids is 2. The molecule has 1 aliphatic heterocycles. The minimum Gasteiger partial charge on any atom is -0.497 e. The molecule has 2 aromatic carbocycles.